The summed E-state index contributed by atoms with van der Waals surface area (Å²) < 4.78 is 6.25. The third-order valence-electron chi connectivity index (χ3n) is 5.42. The summed E-state index contributed by atoms with van der Waals surface area (Å²) in [7, 11) is 0. The van der Waals surface area contributed by atoms with E-state index < -0.39 is 5.60 Å². The van der Waals surface area contributed by atoms with Crippen molar-refractivity contribution >= 4 is 5.78 Å². The maximum atomic E-state index is 13.1. The Balaban J connectivity index is 1.52. The van der Waals surface area contributed by atoms with Crippen LogP contribution < -0.4 is 4.74 Å². The first-order valence-electron chi connectivity index (χ1n) is 8.75. The molecule has 1 unspecified atom stereocenters. The van der Waals surface area contributed by atoms with Gasteiger partial charge in [0.2, 0.25) is 5.78 Å². The fourth-order valence-corrected chi connectivity index (χ4v) is 4.10. The lowest BCUT2D eigenvalue weighted by Gasteiger charge is -2.32. The van der Waals surface area contributed by atoms with E-state index in [0.29, 0.717) is 6.42 Å². The van der Waals surface area contributed by atoms with E-state index in [1.807, 2.05) is 42.5 Å². The van der Waals surface area contributed by atoms with E-state index in [-0.39, 0.29) is 5.78 Å². The zero-order chi connectivity index (χ0) is 16.9. The molecule has 1 aliphatic carbocycles. The van der Waals surface area contributed by atoms with Crippen molar-refractivity contribution in [2.75, 3.05) is 0 Å². The summed E-state index contributed by atoms with van der Waals surface area (Å²) in [5.74, 6) is 0.985. The molecule has 1 spiro atoms. The van der Waals surface area contributed by atoms with E-state index in [2.05, 4.69) is 30.3 Å². The monoisotopic (exact) mass is 326 g/mol. The first-order chi connectivity index (χ1) is 12.3. The van der Waals surface area contributed by atoms with Gasteiger partial charge in [-0.1, -0.05) is 60.7 Å². The predicted molar refractivity (Wildman–Crippen MR) is 98.0 cm³/mol. The number of aryl methyl sites for hydroxylation is 1. The molecule has 0 saturated heterocycles. The second-order valence-electron chi connectivity index (χ2n) is 6.95. The van der Waals surface area contributed by atoms with Gasteiger partial charge in [-0.25, -0.2) is 0 Å². The standard InChI is InChI=1S/C23H18O2/c24-22-20-9-5-4-8-17(20)12-13-23(22)15-19-14-18(10-11-21(19)25-23)16-6-2-1-3-7-16/h1-11,14H,12-13,15H2. The molecular formula is C23H18O2. The highest BCUT2D eigenvalue weighted by molar-refractivity contribution is 6.05. The van der Waals surface area contributed by atoms with Gasteiger partial charge in [-0.15, -0.1) is 0 Å². The van der Waals surface area contributed by atoms with Gasteiger partial charge in [0.15, 0.2) is 5.60 Å². The predicted octanol–water partition coefficient (Wildman–Crippen LogP) is 4.86. The van der Waals surface area contributed by atoms with Crippen molar-refractivity contribution in [1.29, 1.82) is 0 Å². The lowest BCUT2D eigenvalue weighted by molar-refractivity contribution is 0.0477. The normalized spacial score (nSPS) is 20.9. The lowest BCUT2D eigenvalue weighted by atomic mass is 9.77. The van der Waals surface area contributed by atoms with E-state index in [9.17, 15) is 4.79 Å². The molecule has 2 aliphatic rings. The average molecular weight is 326 g/mol. The Bertz CT molecular complexity index is 974. The molecule has 0 bridgehead atoms. The molecule has 0 radical (unpaired) electrons. The molecule has 1 aliphatic heterocycles. The number of ketones is 1. The van der Waals surface area contributed by atoms with Gasteiger partial charge in [0.1, 0.15) is 5.75 Å². The average Bonchev–Trinajstić information content (AvgIpc) is 3.04. The molecule has 25 heavy (non-hydrogen) atoms. The Kier molecular flexibility index (Phi) is 3.08. The molecule has 3 aromatic carbocycles. The minimum Gasteiger partial charge on any atom is -0.478 e. The number of hydrogen-bond acceptors (Lipinski definition) is 2. The first kappa shape index (κ1) is 14.5. The van der Waals surface area contributed by atoms with E-state index >= 15 is 0 Å². The van der Waals surface area contributed by atoms with Crippen molar-refractivity contribution in [3.05, 3.63) is 89.5 Å². The molecule has 3 aromatic rings. The van der Waals surface area contributed by atoms with E-state index in [0.717, 1.165) is 35.3 Å². The van der Waals surface area contributed by atoms with Crippen molar-refractivity contribution < 1.29 is 9.53 Å². The number of carbonyl (C=O) groups is 1. The maximum Gasteiger partial charge on any atom is 0.207 e. The van der Waals surface area contributed by atoms with Gasteiger partial charge in [-0.05, 0) is 47.2 Å². The summed E-state index contributed by atoms with van der Waals surface area (Å²) >= 11 is 0. The second kappa shape index (κ2) is 5.32. The molecule has 0 saturated carbocycles. The minimum absolute atomic E-state index is 0.131. The van der Waals surface area contributed by atoms with E-state index in [1.165, 1.54) is 11.1 Å². The first-order valence-corrected chi connectivity index (χ1v) is 8.75. The molecule has 5 rings (SSSR count). The van der Waals surface area contributed by atoms with Crippen molar-refractivity contribution in [3.63, 3.8) is 0 Å². The van der Waals surface area contributed by atoms with Crippen LogP contribution in [0.3, 0.4) is 0 Å². The van der Waals surface area contributed by atoms with Crippen LogP contribution in [0, 0.1) is 0 Å². The van der Waals surface area contributed by atoms with Gasteiger partial charge in [-0.2, -0.15) is 0 Å². The van der Waals surface area contributed by atoms with Crippen LogP contribution in [0.15, 0.2) is 72.8 Å². The highest BCUT2D eigenvalue weighted by Gasteiger charge is 2.48. The largest absolute Gasteiger partial charge is 0.478 e. The summed E-state index contributed by atoms with van der Waals surface area (Å²) in [4.78, 5) is 13.1. The highest BCUT2D eigenvalue weighted by atomic mass is 16.5. The summed E-state index contributed by atoms with van der Waals surface area (Å²) in [6.07, 6.45) is 2.30. The maximum absolute atomic E-state index is 13.1. The Labute approximate surface area is 147 Å². The molecule has 122 valence electrons. The van der Waals surface area contributed by atoms with Crippen molar-refractivity contribution in [2.45, 2.75) is 24.9 Å². The number of hydrogen-bond donors (Lipinski definition) is 0. The smallest absolute Gasteiger partial charge is 0.207 e. The molecule has 0 aromatic heterocycles. The van der Waals surface area contributed by atoms with Crippen LogP contribution in [-0.4, -0.2) is 11.4 Å². The second-order valence-corrected chi connectivity index (χ2v) is 6.95. The van der Waals surface area contributed by atoms with E-state index in [4.69, 9.17) is 4.74 Å². The Morgan fingerprint density at radius 1 is 0.800 bits per heavy atom. The zero-order valence-electron chi connectivity index (χ0n) is 13.9. The van der Waals surface area contributed by atoms with E-state index in [1.54, 1.807) is 0 Å². The number of carbonyl (C=O) groups excluding carboxylic acids is 1. The molecule has 0 amide bonds. The summed E-state index contributed by atoms with van der Waals surface area (Å²) in [5.41, 5.74) is 4.74. The summed E-state index contributed by atoms with van der Waals surface area (Å²) in [5, 5.41) is 0. The van der Waals surface area contributed by atoms with Crippen LogP contribution in [0.25, 0.3) is 11.1 Å². The molecule has 2 heteroatoms. The summed E-state index contributed by atoms with van der Waals surface area (Å²) in [6, 6.07) is 24.5. The molecule has 0 N–H and O–H groups in total. The molecule has 2 nitrogen and oxygen atoms in total. The number of fused-ring (bicyclic) bond motifs is 2. The highest BCUT2D eigenvalue weighted by Crippen LogP contribution is 2.43. The Morgan fingerprint density at radius 3 is 2.48 bits per heavy atom. The molecular weight excluding hydrogens is 308 g/mol. The minimum atomic E-state index is -0.716. The quantitative estimate of drug-likeness (QED) is 0.638. The number of ether oxygens (including phenoxy) is 1. The van der Waals surface area contributed by atoms with Gasteiger partial charge in [0, 0.05) is 12.0 Å². The van der Waals surface area contributed by atoms with Gasteiger partial charge < -0.3 is 4.74 Å². The van der Waals surface area contributed by atoms with Gasteiger partial charge in [-0.3, -0.25) is 4.79 Å². The molecule has 1 heterocycles. The van der Waals surface area contributed by atoms with Gasteiger partial charge in [0.25, 0.3) is 0 Å². The van der Waals surface area contributed by atoms with Crippen LogP contribution >= 0.6 is 0 Å². The van der Waals surface area contributed by atoms with Crippen molar-refractivity contribution in [3.8, 4) is 16.9 Å². The Morgan fingerprint density at radius 2 is 1.60 bits per heavy atom. The van der Waals surface area contributed by atoms with Crippen LogP contribution in [-0.2, 0) is 12.8 Å². The fourth-order valence-electron chi connectivity index (χ4n) is 4.10. The van der Waals surface area contributed by atoms with Gasteiger partial charge in [0.05, 0.1) is 0 Å². The number of rotatable bonds is 1. The fraction of sp³-hybridized carbons (Fsp3) is 0.174. The third-order valence-corrected chi connectivity index (χ3v) is 5.42. The Hall–Kier alpha value is -2.87. The summed E-state index contributed by atoms with van der Waals surface area (Å²) in [6.45, 7) is 0. The third kappa shape index (κ3) is 2.21. The number of Topliss-reactive ketones (excluding diaryl/α,β-unsaturated/α-hetero) is 1. The SMILES string of the molecule is O=C1c2ccccc2CCC12Cc1cc(-c3ccccc3)ccc1O2. The molecule has 1 atom stereocenters. The van der Waals surface area contributed by atoms with Crippen LogP contribution in [0.1, 0.15) is 27.9 Å². The number of benzene rings is 3. The van der Waals surface area contributed by atoms with Crippen molar-refractivity contribution in [2.24, 2.45) is 0 Å². The van der Waals surface area contributed by atoms with Gasteiger partial charge >= 0.3 is 0 Å². The zero-order valence-corrected chi connectivity index (χ0v) is 13.9. The van der Waals surface area contributed by atoms with Crippen LogP contribution in [0.4, 0.5) is 0 Å². The topological polar surface area (TPSA) is 26.3 Å². The lowest BCUT2D eigenvalue weighted by Crippen LogP contribution is -2.46. The van der Waals surface area contributed by atoms with Crippen molar-refractivity contribution in [1.82, 2.24) is 0 Å². The molecule has 0 fully saturated rings. The van der Waals surface area contributed by atoms with Crippen LogP contribution in [0.5, 0.6) is 5.75 Å². The van der Waals surface area contributed by atoms with Crippen LogP contribution in [0.2, 0.25) is 0 Å².